The zero-order valence-electron chi connectivity index (χ0n) is 10.5. The second-order valence-corrected chi connectivity index (χ2v) is 4.35. The minimum absolute atomic E-state index is 0.0340. The Balaban J connectivity index is 2.27. The van der Waals surface area contributed by atoms with E-state index in [-0.39, 0.29) is 11.9 Å². The Hall–Kier alpha value is -2.03. The summed E-state index contributed by atoms with van der Waals surface area (Å²) < 4.78 is 5.97. The zero-order valence-corrected chi connectivity index (χ0v) is 10.5. The van der Waals surface area contributed by atoms with Crippen molar-refractivity contribution < 1.29 is 4.74 Å². The minimum Gasteiger partial charge on any atom is -0.489 e. The van der Waals surface area contributed by atoms with Gasteiger partial charge in [0.15, 0.2) is 0 Å². The standard InChI is InChI=1S/C15H18N2O/c1-2-12(10-15(16)17)18-14-9-5-7-11-6-3-4-8-13(11)14/h3-9,12H,2,10H2,1H3,(H3,16,17). The van der Waals surface area contributed by atoms with Gasteiger partial charge in [-0.2, -0.15) is 0 Å². The van der Waals surface area contributed by atoms with Crippen LogP contribution >= 0.6 is 0 Å². The first-order valence-electron chi connectivity index (χ1n) is 6.18. The molecule has 2 aromatic rings. The van der Waals surface area contributed by atoms with Crippen LogP contribution in [0, 0.1) is 5.41 Å². The molecule has 0 aliphatic heterocycles. The average molecular weight is 242 g/mol. The summed E-state index contributed by atoms with van der Waals surface area (Å²) in [7, 11) is 0. The van der Waals surface area contributed by atoms with Crippen LogP contribution in [-0.2, 0) is 0 Å². The summed E-state index contributed by atoms with van der Waals surface area (Å²) in [6.07, 6.45) is 1.27. The van der Waals surface area contributed by atoms with Crippen molar-refractivity contribution in [2.24, 2.45) is 5.73 Å². The quantitative estimate of drug-likeness (QED) is 0.624. The molecule has 0 amide bonds. The molecule has 0 aromatic heterocycles. The number of hydrogen-bond acceptors (Lipinski definition) is 2. The number of fused-ring (bicyclic) bond motifs is 1. The van der Waals surface area contributed by atoms with Gasteiger partial charge >= 0.3 is 0 Å². The third kappa shape index (κ3) is 2.80. The monoisotopic (exact) mass is 242 g/mol. The second-order valence-electron chi connectivity index (χ2n) is 4.35. The van der Waals surface area contributed by atoms with E-state index in [0.717, 1.165) is 22.9 Å². The summed E-state index contributed by atoms with van der Waals surface area (Å²) in [4.78, 5) is 0. The second kappa shape index (κ2) is 5.54. The lowest BCUT2D eigenvalue weighted by Crippen LogP contribution is -2.24. The highest BCUT2D eigenvalue weighted by Gasteiger charge is 2.11. The molecule has 3 nitrogen and oxygen atoms in total. The van der Waals surface area contributed by atoms with E-state index in [9.17, 15) is 0 Å². The lowest BCUT2D eigenvalue weighted by molar-refractivity contribution is 0.207. The number of ether oxygens (including phenoxy) is 1. The summed E-state index contributed by atoms with van der Waals surface area (Å²) in [5.74, 6) is 1.03. The number of rotatable bonds is 5. The van der Waals surface area contributed by atoms with Gasteiger partial charge in [0, 0.05) is 11.8 Å². The van der Waals surface area contributed by atoms with Crippen LogP contribution in [0.2, 0.25) is 0 Å². The van der Waals surface area contributed by atoms with E-state index in [1.807, 2.05) is 37.3 Å². The first-order valence-corrected chi connectivity index (χ1v) is 6.18. The molecule has 0 bridgehead atoms. The summed E-state index contributed by atoms with van der Waals surface area (Å²) in [6, 6.07) is 14.1. The van der Waals surface area contributed by atoms with Gasteiger partial charge in [0.25, 0.3) is 0 Å². The largest absolute Gasteiger partial charge is 0.489 e. The summed E-state index contributed by atoms with van der Waals surface area (Å²) in [5, 5.41) is 9.61. The fraction of sp³-hybridized carbons (Fsp3) is 0.267. The van der Waals surface area contributed by atoms with Gasteiger partial charge in [-0.1, -0.05) is 43.3 Å². The number of nitrogens with one attached hydrogen (secondary N) is 1. The Morgan fingerprint density at radius 1 is 1.22 bits per heavy atom. The Labute approximate surface area is 107 Å². The third-order valence-electron chi connectivity index (χ3n) is 2.95. The first-order chi connectivity index (χ1) is 8.70. The van der Waals surface area contributed by atoms with Crippen LogP contribution in [0.15, 0.2) is 42.5 Å². The predicted molar refractivity (Wildman–Crippen MR) is 75.2 cm³/mol. The smallest absolute Gasteiger partial charge is 0.127 e. The van der Waals surface area contributed by atoms with Crippen molar-refractivity contribution in [3.8, 4) is 5.75 Å². The van der Waals surface area contributed by atoms with Crippen molar-refractivity contribution in [2.45, 2.75) is 25.9 Å². The molecule has 3 heteroatoms. The highest BCUT2D eigenvalue weighted by molar-refractivity contribution is 5.88. The van der Waals surface area contributed by atoms with Gasteiger partial charge in [-0.3, -0.25) is 5.41 Å². The van der Waals surface area contributed by atoms with Crippen molar-refractivity contribution in [2.75, 3.05) is 0 Å². The van der Waals surface area contributed by atoms with Crippen molar-refractivity contribution >= 4 is 16.6 Å². The molecule has 3 N–H and O–H groups in total. The third-order valence-corrected chi connectivity index (χ3v) is 2.95. The highest BCUT2D eigenvalue weighted by Crippen LogP contribution is 2.26. The summed E-state index contributed by atoms with van der Waals surface area (Å²) >= 11 is 0. The Morgan fingerprint density at radius 3 is 2.67 bits per heavy atom. The normalized spacial score (nSPS) is 12.3. The zero-order chi connectivity index (χ0) is 13.0. The van der Waals surface area contributed by atoms with Crippen LogP contribution < -0.4 is 10.5 Å². The van der Waals surface area contributed by atoms with Crippen LogP contribution in [0.25, 0.3) is 10.8 Å². The van der Waals surface area contributed by atoms with Gasteiger partial charge in [0.1, 0.15) is 11.9 Å². The maximum absolute atomic E-state index is 7.35. The van der Waals surface area contributed by atoms with Crippen molar-refractivity contribution in [3.63, 3.8) is 0 Å². The van der Waals surface area contributed by atoms with Crippen LogP contribution in [-0.4, -0.2) is 11.9 Å². The topological polar surface area (TPSA) is 59.1 Å². The maximum Gasteiger partial charge on any atom is 0.127 e. The fourth-order valence-corrected chi connectivity index (χ4v) is 1.99. The molecule has 0 radical (unpaired) electrons. The predicted octanol–water partition coefficient (Wildman–Crippen LogP) is 3.32. The number of nitrogens with two attached hydrogens (primary N) is 1. The first kappa shape index (κ1) is 12.4. The Morgan fingerprint density at radius 2 is 1.94 bits per heavy atom. The van der Waals surface area contributed by atoms with Crippen LogP contribution in [0.3, 0.4) is 0 Å². The molecule has 0 saturated heterocycles. The van der Waals surface area contributed by atoms with E-state index in [0.29, 0.717) is 6.42 Å². The molecule has 2 aromatic carbocycles. The number of amidine groups is 1. The molecule has 2 rings (SSSR count). The molecule has 18 heavy (non-hydrogen) atoms. The lowest BCUT2D eigenvalue weighted by Gasteiger charge is -2.18. The molecule has 0 fully saturated rings. The van der Waals surface area contributed by atoms with E-state index in [1.54, 1.807) is 0 Å². The van der Waals surface area contributed by atoms with E-state index >= 15 is 0 Å². The SMILES string of the molecule is CCC(CC(=N)N)Oc1cccc2ccccc12. The van der Waals surface area contributed by atoms with Crippen molar-refractivity contribution in [3.05, 3.63) is 42.5 Å². The Bertz CT molecular complexity index is 546. The molecule has 0 heterocycles. The van der Waals surface area contributed by atoms with Gasteiger partial charge in [-0.25, -0.2) is 0 Å². The van der Waals surface area contributed by atoms with Crippen LogP contribution in [0.1, 0.15) is 19.8 Å². The fourth-order valence-electron chi connectivity index (χ4n) is 1.99. The molecule has 94 valence electrons. The minimum atomic E-state index is -0.0340. The van der Waals surface area contributed by atoms with E-state index in [4.69, 9.17) is 15.9 Å². The Kier molecular flexibility index (Phi) is 3.82. The molecule has 1 atom stereocenters. The van der Waals surface area contributed by atoms with Gasteiger partial charge in [-0.05, 0) is 17.9 Å². The van der Waals surface area contributed by atoms with Gasteiger partial charge in [0.2, 0.25) is 0 Å². The van der Waals surface area contributed by atoms with Crippen LogP contribution in [0.5, 0.6) is 5.75 Å². The molecule has 0 aliphatic rings. The molecular formula is C15H18N2O. The molecular weight excluding hydrogens is 224 g/mol. The van der Waals surface area contributed by atoms with Gasteiger partial charge < -0.3 is 10.5 Å². The van der Waals surface area contributed by atoms with Crippen LogP contribution in [0.4, 0.5) is 0 Å². The van der Waals surface area contributed by atoms with Gasteiger partial charge in [-0.15, -0.1) is 0 Å². The summed E-state index contributed by atoms with van der Waals surface area (Å²) in [5.41, 5.74) is 5.44. The number of benzene rings is 2. The molecule has 1 unspecified atom stereocenters. The highest BCUT2D eigenvalue weighted by atomic mass is 16.5. The molecule has 0 saturated carbocycles. The van der Waals surface area contributed by atoms with Gasteiger partial charge in [0.05, 0.1) is 5.84 Å². The van der Waals surface area contributed by atoms with E-state index in [2.05, 4.69) is 12.1 Å². The maximum atomic E-state index is 7.35. The van der Waals surface area contributed by atoms with E-state index < -0.39 is 0 Å². The van der Waals surface area contributed by atoms with E-state index in [1.165, 1.54) is 0 Å². The average Bonchev–Trinajstić information content (AvgIpc) is 2.38. The van der Waals surface area contributed by atoms with Crippen molar-refractivity contribution in [1.29, 1.82) is 5.41 Å². The number of hydrogen-bond donors (Lipinski definition) is 2. The molecule has 0 aliphatic carbocycles. The summed E-state index contributed by atoms with van der Waals surface area (Å²) in [6.45, 7) is 2.04. The van der Waals surface area contributed by atoms with Crippen molar-refractivity contribution in [1.82, 2.24) is 0 Å². The molecule has 0 spiro atoms. The lowest BCUT2D eigenvalue weighted by atomic mass is 10.1.